The van der Waals surface area contributed by atoms with Crippen LogP contribution in [0.15, 0.2) is 12.3 Å². The summed E-state index contributed by atoms with van der Waals surface area (Å²) in [7, 11) is 0. The molecule has 1 atom stereocenters. The SMILES string of the molecule is Cc1cc(N2CCC(CCO)C2)c(C(=O)O)cn1. The Morgan fingerprint density at radius 2 is 2.39 bits per heavy atom. The van der Waals surface area contributed by atoms with Gasteiger partial charge in [-0.25, -0.2) is 4.79 Å². The molecule has 1 fully saturated rings. The zero-order valence-electron chi connectivity index (χ0n) is 10.5. The molecular formula is C13H18N2O3. The fraction of sp³-hybridized carbons (Fsp3) is 0.538. The quantitative estimate of drug-likeness (QED) is 0.842. The van der Waals surface area contributed by atoms with Gasteiger partial charge < -0.3 is 15.1 Å². The standard InChI is InChI=1S/C13H18N2O3/c1-9-6-12(11(7-14-9)13(17)18)15-4-2-10(8-15)3-5-16/h6-7,10,16H,2-5,8H2,1H3,(H,17,18). The first-order valence-corrected chi connectivity index (χ1v) is 6.17. The minimum absolute atomic E-state index is 0.194. The third-order valence-electron chi connectivity index (χ3n) is 3.41. The molecule has 1 aromatic rings. The van der Waals surface area contributed by atoms with Crippen LogP contribution >= 0.6 is 0 Å². The minimum Gasteiger partial charge on any atom is -0.478 e. The summed E-state index contributed by atoms with van der Waals surface area (Å²) in [6.45, 7) is 3.70. The van der Waals surface area contributed by atoms with Gasteiger partial charge in [-0.15, -0.1) is 0 Å². The van der Waals surface area contributed by atoms with E-state index in [1.807, 2.05) is 13.0 Å². The summed E-state index contributed by atoms with van der Waals surface area (Å²) in [5.74, 6) is -0.492. The molecule has 2 rings (SSSR count). The summed E-state index contributed by atoms with van der Waals surface area (Å²) in [5, 5.41) is 18.1. The first-order valence-electron chi connectivity index (χ1n) is 6.17. The molecule has 18 heavy (non-hydrogen) atoms. The number of carbonyl (C=O) groups is 1. The van der Waals surface area contributed by atoms with Crippen LogP contribution in [-0.2, 0) is 0 Å². The third-order valence-corrected chi connectivity index (χ3v) is 3.41. The van der Waals surface area contributed by atoms with E-state index in [1.165, 1.54) is 6.20 Å². The summed E-state index contributed by atoms with van der Waals surface area (Å²) in [4.78, 5) is 17.3. The van der Waals surface area contributed by atoms with E-state index < -0.39 is 5.97 Å². The number of nitrogens with zero attached hydrogens (tertiary/aromatic N) is 2. The minimum atomic E-state index is -0.942. The normalized spacial score (nSPS) is 19.2. The number of pyridine rings is 1. The molecule has 1 saturated heterocycles. The van der Waals surface area contributed by atoms with Crippen LogP contribution in [0.1, 0.15) is 28.9 Å². The molecule has 5 nitrogen and oxygen atoms in total. The summed E-state index contributed by atoms with van der Waals surface area (Å²) >= 11 is 0. The maximum absolute atomic E-state index is 11.2. The first kappa shape index (κ1) is 12.8. The number of aryl methyl sites for hydroxylation is 1. The van der Waals surface area contributed by atoms with Crippen LogP contribution in [0.3, 0.4) is 0 Å². The molecule has 2 N–H and O–H groups in total. The van der Waals surface area contributed by atoms with Crippen molar-refractivity contribution in [2.75, 3.05) is 24.6 Å². The van der Waals surface area contributed by atoms with Gasteiger partial charge in [-0.3, -0.25) is 4.98 Å². The molecule has 1 unspecified atom stereocenters. The van der Waals surface area contributed by atoms with E-state index in [0.717, 1.165) is 37.3 Å². The second-order valence-electron chi connectivity index (χ2n) is 4.76. The lowest BCUT2D eigenvalue weighted by atomic mass is 10.1. The maximum atomic E-state index is 11.2. The molecule has 0 aromatic carbocycles. The van der Waals surface area contributed by atoms with Gasteiger partial charge in [0.05, 0.1) is 5.69 Å². The predicted octanol–water partition coefficient (Wildman–Crippen LogP) is 1.30. The molecule has 98 valence electrons. The highest BCUT2D eigenvalue weighted by Crippen LogP contribution is 2.28. The molecular weight excluding hydrogens is 232 g/mol. The van der Waals surface area contributed by atoms with E-state index in [4.69, 9.17) is 5.11 Å². The molecule has 0 amide bonds. The number of aliphatic hydroxyl groups excluding tert-OH is 1. The van der Waals surface area contributed by atoms with Crippen LogP contribution in [-0.4, -0.2) is 40.9 Å². The topological polar surface area (TPSA) is 73.7 Å². The number of anilines is 1. The second-order valence-corrected chi connectivity index (χ2v) is 4.76. The molecule has 1 aliphatic rings. The Hall–Kier alpha value is -1.62. The molecule has 2 heterocycles. The van der Waals surface area contributed by atoms with Crippen molar-refractivity contribution >= 4 is 11.7 Å². The van der Waals surface area contributed by atoms with Crippen molar-refractivity contribution in [3.63, 3.8) is 0 Å². The van der Waals surface area contributed by atoms with Crippen molar-refractivity contribution in [1.82, 2.24) is 4.98 Å². The van der Waals surface area contributed by atoms with Crippen molar-refractivity contribution in [3.05, 3.63) is 23.5 Å². The Kier molecular flexibility index (Phi) is 3.81. The molecule has 0 bridgehead atoms. The van der Waals surface area contributed by atoms with Crippen LogP contribution in [0.2, 0.25) is 0 Å². The molecule has 0 spiro atoms. The molecule has 0 aliphatic carbocycles. The van der Waals surface area contributed by atoms with Crippen molar-refractivity contribution in [1.29, 1.82) is 0 Å². The van der Waals surface area contributed by atoms with Gasteiger partial charge >= 0.3 is 5.97 Å². The number of carboxylic acids is 1. The van der Waals surface area contributed by atoms with Crippen LogP contribution in [0.4, 0.5) is 5.69 Å². The van der Waals surface area contributed by atoms with Crippen molar-refractivity contribution in [3.8, 4) is 0 Å². The van der Waals surface area contributed by atoms with Crippen LogP contribution in [0.5, 0.6) is 0 Å². The Balaban J connectivity index is 2.23. The van der Waals surface area contributed by atoms with E-state index in [1.54, 1.807) is 0 Å². The van der Waals surface area contributed by atoms with Crippen molar-refractivity contribution < 1.29 is 15.0 Å². The predicted molar refractivity (Wildman–Crippen MR) is 68.0 cm³/mol. The highest BCUT2D eigenvalue weighted by Gasteiger charge is 2.25. The molecule has 1 aliphatic heterocycles. The van der Waals surface area contributed by atoms with E-state index in [9.17, 15) is 9.90 Å². The smallest absolute Gasteiger partial charge is 0.339 e. The largest absolute Gasteiger partial charge is 0.478 e. The van der Waals surface area contributed by atoms with Gasteiger partial charge in [0.1, 0.15) is 5.56 Å². The summed E-state index contributed by atoms with van der Waals surface area (Å²) in [5.41, 5.74) is 1.82. The Morgan fingerprint density at radius 1 is 1.61 bits per heavy atom. The third kappa shape index (κ3) is 2.61. The number of hydrogen-bond donors (Lipinski definition) is 2. The van der Waals surface area contributed by atoms with Crippen LogP contribution in [0, 0.1) is 12.8 Å². The van der Waals surface area contributed by atoms with Gasteiger partial charge in [0.2, 0.25) is 0 Å². The monoisotopic (exact) mass is 250 g/mol. The van der Waals surface area contributed by atoms with E-state index in [-0.39, 0.29) is 12.2 Å². The zero-order valence-corrected chi connectivity index (χ0v) is 10.5. The average Bonchev–Trinajstić information content (AvgIpc) is 2.77. The van der Waals surface area contributed by atoms with E-state index in [2.05, 4.69) is 9.88 Å². The Labute approximate surface area is 106 Å². The number of aromatic carboxylic acids is 1. The van der Waals surface area contributed by atoms with Gasteiger partial charge in [-0.05, 0) is 31.7 Å². The lowest BCUT2D eigenvalue weighted by Crippen LogP contribution is -2.22. The number of aromatic nitrogens is 1. The fourth-order valence-electron chi connectivity index (χ4n) is 2.44. The van der Waals surface area contributed by atoms with Gasteiger partial charge in [-0.2, -0.15) is 0 Å². The highest BCUT2D eigenvalue weighted by molar-refractivity contribution is 5.94. The number of hydrogen-bond acceptors (Lipinski definition) is 4. The maximum Gasteiger partial charge on any atom is 0.339 e. The van der Waals surface area contributed by atoms with E-state index >= 15 is 0 Å². The molecule has 0 radical (unpaired) electrons. The first-order chi connectivity index (χ1) is 8.61. The van der Waals surface area contributed by atoms with Crippen LogP contribution in [0.25, 0.3) is 0 Å². The number of carboxylic acid groups (broad SMARTS) is 1. The Morgan fingerprint density at radius 3 is 3.06 bits per heavy atom. The molecule has 5 heteroatoms. The lowest BCUT2D eigenvalue weighted by Gasteiger charge is -2.21. The molecule has 0 saturated carbocycles. The van der Waals surface area contributed by atoms with Gasteiger partial charge in [0, 0.05) is 31.6 Å². The van der Waals surface area contributed by atoms with Crippen molar-refractivity contribution in [2.45, 2.75) is 19.8 Å². The molecule has 1 aromatic heterocycles. The number of aliphatic hydroxyl groups is 1. The Bertz CT molecular complexity index is 448. The summed E-state index contributed by atoms with van der Waals surface area (Å²) < 4.78 is 0. The zero-order chi connectivity index (χ0) is 13.1. The summed E-state index contributed by atoms with van der Waals surface area (Å²) in [6.07, 6.45) is 3.20. The van der Waals surface area contributed by atoms with Crippen LogP contribution < -0.4 is 4.90 Å². The van der Waals surface area contributed by atoms with Crippen molar-refractivity contribution in [2.24, 2.45) is 5.92 Å². The average molecular weight is 250 g/mol. The van der Waals surface area contributed by atoms with Gasteiger partial charge in [0.25, 0.3) is 0 Å². The van der Waals surface area contributed by atoms with E-state index in [0.29, 0.717) is 5.92 Å². The highest BCUT2D eigenvalue weighted by atomic mass is 16.4. The summed E-state index contributed by atoms with van der Waals surface area (Å²) in [6, 6.07) is 1.82. The number of rotatable bonds is 4. The van der Waals surface area contributed by atoms with Gasteiger partial charge in [0.15, 0.2) is 0 Å². The lowest BCUT2D eigenvalue weighted by molar-refractivity contribution is 0.0697. The van der Waals surface area contributed by atoms with Gasteiger partial charge in [-0.1, -0.05) is 0 Å². The fourth-order valence-corrected chi connectivity index (χ4v) is 2.44. The second kappa shape index (κ2) is 5.35.